The minimum absolute atomic E-state index is 0.134. The molecule has 7 heteroatoms. The fourth-order valence-electron chi connectivity index (χ4n) is 5.41. The summed E-state index contributed by atoms with van der Waals surface area (Å²) in [7, 11) is -2.70. The van der Waals surface area contributed by atoms with E-state index in [-0.39, 0.29) is 17.1 Å². The van der Waals surface area contributed by atoms with Gasteiger partial charge < -0.3 is 9.46 Å². The molecule has 1 N–H and O–H groups in total. The number of nitrogens with one attached hydrogen (secondary N) is 1. The molecule has 3 aromatic rings. The Balaban J connectivity index is 2.56. The van der Waals surface area contributed by atoms with Crippen LogP contribution in [-0.4, -0.2) is 28.4 Å². The first kappa shape index (κ1) is 26.4. The topological polar surface area (TPSA) is 54.9 Å². The molecule has 184 valence electrons. The molecule has 0 saturated heterocycles. The van der Waals surface area contributed by atoms with Crippen LogP contribution in [0.15, 0.2) is 24.3 Å². The lowest BCUT2D eigenvalue weighted by atomic mass is 9.95. The summed E-state index contributed by atoms with van der Waals surface area (Å²) in [5.74, 6) is -0.605. The van der Waals surface area contributed by atoms with Gasteiger partial charge >= 0.3 is 7.40 Å². The number of aromatic amines is 1. The third kappa shape index (κ3) is 4.56. The van der Waals surface area contributed by atoms with Crippen molar-refractivity contribution in [3.05, 3.63) is 79.7 Å². The van der Waals surface area contributed by atoms with Gasteiger partial charge in [-0.25, -0.2) is 0 Å². The number of aromatic nitrogens is 2. The number of Topliss-reactive ketones (excluding diaryl/α,β-unsaturated/α-hetero) is 2. The van der Waals surface area contributed by atoms with Gasteiger partial charge in [-0.2, -0.15) is 0 Å². The van der Waals surface area contributed by atoms with Gasteiger partial charge in [-0.1, -0.05) is 38.1 Å². The van der Waals surface area contributed by atoms with Crippen molar-refractivity contribution in [2.24, 2.45) is 0 Å². The molecular weight excluding hydrogens is 445 g/mol. The Labute approximate surface area is 206 Å². The van der Waals surface area contributed by atoms with Crippen molar-refractivity contribution in [2.45, 2.75) is 68.2 Å². The van der Waals surface area contributed by atoms with E-state index in [0.717, 1.165) is 49.8 Å². The number of rotatable bonds is 7. The van der Waals surface area contributed by atoms with Crippen molar-refractivity contribution in [3.63, 3.8) is 0 Å². The second-order valence-corrected chi connectivity index (χ2v) is 9.06. The summed E-state index contributed by atoms with van der Waals surface area (Å²) >= 11 is 0. The number of benzene rings is 1. The number of carbonyl (C=O) groups is 2. The third-order valence-electron chi connectivity index (χ3n) is 7.00. The molecule has 0 atom stereocenters. The molecule has 2 aromatic heterocycles. The van der Waals surface area contributed by atoms with Crippen LogP contribution >= 0.6 is 0 Å². The van der Waals surface area contributed by atoms with Gasteiger partial charge in [-0.15, -0.1) is 0 Å². The van der Waals surface area contributed by atoms with Crippen molar-refractivity contribution in [2.75, 3.05) is 0 Å². The van der Waals surface area contributed by atoms with Gasteiger partial charge in [0.15, 0.2) is 11.6 Å². The molecule has 0 aliphatic heterocycles. The van der Waals surface area contributed by atoms with Crippen molar-refractivity contribution in [3.8, 4) is 0 Å². The summed E-state index contributed by atoms with van der Waals surface area (Å²) in [6, 6.07) is 7.05. The zero-order valence-electron chi connectivity index (χ0n) is 21.8. The van der Waals surface area contributed by atoms with Crippen LogP contribution in [0.2, 0.25) is 0 Å². The average molecular weight is 478 g/mol. The molecule has 0 aliphatic carbocycles. The summed E-state index contributed by atoms with van der Waals surface area (Å²) in [6.45, 7) is 14.4. The Bertz CT molecular complexity index is 1410. The molecule has 0 radical (unpaired) electrons. The van der Waals surface area contributed by atoms with Crippen LogP contribution in [0.3, 0.4) is 0 Å². The maximum atomic E-state index is 14.5. The lowest BCUT2D eigenvalue weighted by Crippen LogP contribution is -2.23. The molecule has 0 saturated carbocycles. The van der Waals surface area contributed by atoms with Crippen molar-refractivity contribution < 1.29 is 18.2 Å². The Morgan fingerprint density at radius 1 is 0.857 bits per heavy atom. The number of H-pyrrole nitrogens is 1. The van der Waals surface area contributed by atoms with E-state index in [1.54, 1.807) is 31.2 Å². The maximum Gasteiger partial charge on any atom is 0.677 e. The second-order valence-electron chi connectivity index (χ2n) is 9.06. The minimum atomic E-state index is -2.70. The van der Waals surface area contributed by atoms with Crippen LogP contribution in [0.5, 0.6) is 0 Å². The normalized spacial score (nSPS) is 11.0. The van der Waals surface area contributed by atoms with Crippen LogP contribution < -0.4 is 10.4 Å². The van der Waals surface area contributed by atoms with Crippen LogP contribution in [-0.2, 0) is 22.4 Å². The van der Waals surface area contributed by atoms with E-state index in [4.69, 9.17) is 0 Å². The number of ketones is 2. The molecule has 0 bridgehead atoms. The monoisotopic (exact) mass is 478 g/mol. The highest BCUT2D eigenvalue weighted by Gasteiger charge is 2.30. The van der Waals surface area contributed by atoms with Crippen LogP contribution in [0.4, 0.5) is 8.63 Å². The largest absolute Gasteiger partial charge is 0.677 e. The predicted octanol–water partition coefficient (Wildman–Crippen LogP) is 4.52. The number of hydrogen-bond acceptors (Lipinski definition) is 2. The Morgan fingerprint density at radius 3 is 1.80 bits per heavy atom. The maximum absolute atomic E-state index is 14.5. The zero-order valence-corrected chi connectivity index (χ0v) is 21.8. The van der Waals surface area contributed by atoms with E-state index in [1.807, 2.05) is 27.7 Å². The van der Waals surface area contributed by atoms with E-state index in [9.17, 15) is 18.2 Å². The number of halogens is 2. The SMILES string of the molecule is CCc1c(C)[nH]c(C(c2c(C)c(CC)c(C)n2B(F)F)=c2ccc(=C(C(C)=O)C(C)=O)cc2)c1C. The molecule has 1 aromatic carbocycles. The lowest BCUT2D eigenvalue weighted by Gasteiger charge is -2.14. The van der Waals surface area contributed by atoms with Crippen LogP contribution in [0.1, 0.15) is 72.7 Å². The summed E-state index contributed by atoms with van der Waals surface area (Å²) in [5, 5.41) is 1.26. The Kier molecular flexibility index (Phi) is 7.68. The quantitative estimate of drug-likeness (QED) is 0.401. The predicted molar refractivity (Wildman–Crippen MR) is 138 cm³/mol. The first-order valence-corrected chi connectivity index (χ1v) is 12.0. The van der Waals surface area contributed by atoms with Gasteiger partial charge in [0.2, 0.25) is 0 Å². The van der Waals surface area contributed by atoms with E-state index >= 15 is 0 Å². The first-order valence-electron chi connectivity index (χ1n) is 12.0. The first-order chi connectivity index (χ1) is 16.5. The van der Waals surface area contributed by atoms with E-state index in [2.05, 4.69) is 11.9 Å². The van der Waals surface area contributed by atoms with Gasteiger partial charge in [0.25, 0.3) is 0 Å². The van der Waals surface area contributed by atoms with Crippen molar-refractivity contribution in [1.82, 2.24) is 9.46 Å². The lowest BCUT2D eigenvalue weighted by molar-refractivity contribution is -0.116. The Morgan fingerprint density at radius 2 is 1.37 bits per heavy atom. The molecule has 0 aliphatic rings. The highest BCUT2D eigenvalue weighted by Crippen LogP contribution is 2.34. The fourth-order valence-corrected chi connectivity index (χ4v) is 5.41. The molecule has 35 heavy (non-hydrogen) atoms. The molecular formula is C28H33BF2N2O2. The van der Waals surface area contributed by atoms with Crippen molar-refractivity contribution in [1.29, 1.82) is 0 Å². The molecule has 0 spiro atoms. The number of aryl methyl sites for hydroxylation is 1. The minimum Gasteiger partial charge on any atom is -0.358 e. The standard InChI is InChI=1S/C28H33BF2N2O2/c1-9-23-15(3)27(32-17(23)5)26(28-16(4)24(10-2)18(6)33(28)29(30)31)22-13-11-21(12-14-22)25(19(7)34)20(8)35/h11-14,32H,9-10H2,1-8H3. The summed E-state index contributed by atoms with van der Waals surface area (Å²) in [5.41, 5.74) is 7.61. The number of carbonyl (C=O) groups excluding carboxylic acids is 2. The highest BCUT2D eigenvalue weighted by atomic mass is 19.2. The number of hydrogen-bond donors (Lipinski definition) is 1. The summed E-state index contributed by atoms with van der Waals surface area (Å²) < 4.78 is 30.1. The van der Waals surface area contributed by atoms with E-state index < -0.39 is 7.40 Å². The van der Waals surface area contributed by atoms with E-state index in [1.165, 1.54) is 13.8 Å². The van der Waals surface area contributed by atoms with Gasteiger partial charge in [-0.3, -0.25) is 18.2 Å². The fraction of sp³-hybridized carbons (Fsp3) is 0.357. The zero-order chi connectivity index (χ0) is 26.2. The van der Waals surface area contributed by atoms with Gasteiger partial charge in [-0.05, 0) is 87.1 Å². The van der Waals surface area contributed by atoms with Crippen LogP contribution in [0.25, 0.3) is 11.1 Å². The molecule has 0 fully saturated rings. The van der Waals surface area contributed by atoms with E-state index in [0.29, 0.717) is 28.6 Å². The molecule has 2 heterocycles. The summed E-state index contributed by atoms with van der Waals surface area (Å²) in [4.78, 5) is 27.6. The molecule has 0 unspecified atom stereocenters. The third-order valence-corrected chi connectivity index (χ3v) is 7.00. The Hall–Kier alpha value is -3.22. The molecule has 4 nitrogen and oxygen atoms in total. The van der Waals surface area contributed by atoms with Gasteiger partial charge in [0.1, 0.15) is 0 Å². The van der Waals surface area contributed by atoms with Gasteiger partial charge in [0, 0.05) is 22.7 Å². The van der Waals surface area contributed by atoms with Crippen molar-refractivity contribution >= 4 is 30.1 Å². The smallest absolute Gasteiger partial charge is 0.358 e. The summed E-state index contributed by atoms with van der Waals surface area (Å²) in [6.07, 6.45) is 1.47. The van der Waals surface area contributed by atoms with Crippen LogP contribution in [0, 0.1) is 27.7 Å². The highest BCUT2D eigenvalue weighted by molar-refractivity contribution is 6.41. The second kappa shape index (κ2) is 10.2. The molecule has 0 amide bonds. The average Bonchev–Trinajstić information content (AvgIpc) is 3.20. The van der Waals surface area contributed by atoms with Gasteiger partial charge in [0.05, 0.1) is 11.3 Å². The molecule has 3 rings (SSSR count). The number of nitrogens with zero attached hydrogens (tertiary/aromatic N) is 1.